The van der Waals surface area contributed by atoms with Crippen molar-refractivity contribution in [2.45, 2.75) is 19.3 Å². The molecule has 0 unspecified atom stereocenters. The van der Waals surface area contributed by atoms with Crippen LogP contribution in [0.3, 0.4) is 0 Å². The van der Waals surface area contributed by atoms with E-state index in [9.17, 15) is 0 Å². The minimum Gasteiger partial charge on any atom is -0.456 e. The predicted molar refractivity (Wildman–Crippen MR) is 245 cm³/mol. The van der Waals surface area contributed by atoms with Crippen LogP contribution in [0.1, 0.15) is 25.0 Å². The summed E-state index contributed by atoms with van der Waals surface area (Å²) in [6.07, 6.45) is 0. The number of hydrogen-bond acceptors (Lipinski definition) is 5. The highest BCUT2D eigenvalue weighted by atomic mass is 32.1. The van der Waals surface area contributed by atoms with E-state index in [-0.39, 0.29) is 5.41 Å². The normalized spacial score (nSPS) is 13.1. The highest BCUT2D eigenvalue weighted by Gasteiger charge is 2.36. The molecule has 1 aliphatic carbocycles. The summed E-state index contributed by atoms with van der Waals surface area (Å²) in [4.78, 5) is 15.8. The molecule has 0 bridgehead atoms. The van der Waals surface area contributed by atoms with Crippen molar-refractivity contribution in [3.8, 4) is 67.5 Å². The van der Waals surface area contributed by atoms with E-state index in [1.807, 2.05) is 29.5 Å². The molecular formula is C54H35N3OS. The Labute approximate surface area is 345 Å². The van der Waals surface area contributed by atoms with Crippen LogP contribution in [0.15, 0.2) is 180 Å². The van der Waals surface area contributed by atoms with E-state index in [1.54, 1.807) is 0 Å². The lowest BCUT2D eigenvalue weighted by atomic mass is 9.82. The van der Waals surface area contributed by atoms with E-state index in [0.717, 1.165) is 55.3 Å². The fourth-order valence-corrected chi connectivity index (χ4v) is 10.4. The third kappa shape index (κ3) is 5.32. The Bertz CT molecular complexity index is 3490. The maximum atomic E-state index is 6.59. The van der Waals surface area contributed by atoms with Gasteiger partial charge >= 0.3 is 0 Å². The van der Waals surface area contributed by atoms with Crippen LogP contribution in [0.25, 0.3) is 110 Å². The maximum absolute atomic E-state index is 6.59. The first-order chi connectivity index (χ1) is 29.0. The minimum absolute atomic E-state index is 0.0860. The van der Waals surface area contributed by atoms with Gasteiger partial charge in [0.25, 0.3) is 0 Å². The molecule has 0 fully saturated rings. The van der Waals surface area contributed by atoms with Crippen molar-refractivity contribution in [1.29, 1.82) is 0 Å². The first-order valence-corrected chi connectivity index (χ1v) is 20.8. The first kappa shape index (κ1) is 33.9. The number of hydrogen-bond donors (Lipinski definition) is 0. The van der Waals surface area contributed by atoms with Gasteiger partial charge in [0.2, 0.25) is 0 Å². The van der Waals surface area contributed by atoms with Gasteiger partial charge in [-0.15, -0.1) is 11.3 Å². The second-order valence-corrected chi connectivity index (χ2v) is 17.0. The van der Waals surface area contributed by atoms with Crippen LogP contribution in [-0.2, 0) is 5.41 Å². The number of fused-ring (bicyclic) bond motifs is 9. The molecule has 0 saturated heterocycles. The quantitative estimate of drug-likeness (QED) is 0.175. The number of nitrogens with zero attached hydrogens (tertiary/aromatic N) is 3. The molecular weight excluding hydrogens is 739 g/mol. The maximum Gasteiger partial charge on any atom is 0.164 e. The Balaban J connectivity index is 1.07. The Hall–Kier alpha value is -7.21. The average Bonchev–Trinajstić information content (AvgIpc) is 3.93. The van der Waals surface area contributed by atoms with Crippen LogP contribution >= 0.6 is 11.3 Å². The van der Waals surface area contributed by atoms with E-state index in [0.29, 0.717) is 17.5 Å². The zero-order valence-corrected chi connectivity index (χ0v) is 33.2. The lowest BCUT2D eigenvalue weighted by Gasteiger charge is -2.21. The number of thiophene rings is 1. The molecule has 278 valence electrons. The van der Waals surface area contributed by atoms with Crippen molar-refractivity contribution < 1.29 is 4.42 Å². The van der Waals surface area contributed by atoms with Gasteiger partial charge in [-0.05, 0) is 93.0 Å². The Morgan fingerprint density at radius 1 is 0.407 bits per heavy atom. The molecule has 8 aromatic carbocycles. The summed E-state index contributed by atoms with van der Waals surface area (Å²) in [5.41, 5.74) is 14.2. The highest BCUT2D eigenvalue weighted by Crippen LogP contribution is 2.52. The fraction of sp³-hybridized carbons (Fsp3) is 0.0556. The van der Waals surface area contributed by atoms with Gasteiger partial charge in [0, 0.05) is 53.1 Å². The molecule has 59 heavy (non-hydrogen) atoms. The summed E-state index contributed by atoms with van der Waals surface area (Å²) in [5.74, 6) is 1.84. The van der Waals surface area contributed by atoms with E-state index >= 15 is 0 Å². The second kappa shape index (κ2) is 12.9. The first-order valence-electron chi connectivity index (χ1n) is 20.0. The van der Waals surface area contributed by atoms with Gasteiger partial charge in [0.15, 0.2) is 17.5 Å². The molecule has 0 saturated carbocycles. The molecule has 3 aromatic heterocycles. The molecule has 5 heteroatoms. The van der Waals surface area contributed by atoms with Crippen LogP contribution in [0, 0.1) is 0 Å². The highest BCUT2D eigenvalue weighted by molar-refractivity contribution is 7.25. The number of furan rings is 1. The van der Waals surface area contributed by atoms with E-state index in [2.05, 4.69) is 172 Å². The molecule has 3 heterocycles. The van der Waals surface area contributed by atoms with Gasteiger partial charge in [0.05, 0.1) is 0 Å². The molecule has 0 aliphatic heterocycles. The van der Waals surface area contributed by atoms with E-state index in [4.69, 9.17) is 19.4 Å². The lowest BCUT2D eigenvalue weighted by Crippen LogP contribution is -2.14. The summed E-state index contributed by atoms with van der Waals surface area (Å²) in [6.45, 7) is 4.66. The van der Waals surface area contributed by atoms with Gasteiger partial charge < -0.3 is 4.42 Å². The van der Waals surface area contributed by atoms with Crippen molar-refractivity contribution >= 4 is 53.4 Å². The topological polar surface area (TPSA) is 51.8 Å². The third-order valence-corrected chi connectivity index (χ3v) is 13.3. The number of benzene rings is 8. The number of aromatic nitrogens is 3. The summed E-state index contributed by atoms with van der Waals surface area (Å²) in [6, 6.07) is 62.4. The monoisotopic (exact) mass is 773 g/mol. The molecule has 11 aromatic rings. The summed E-state index contributed by atoms with van der Waals surface area (Å²) < 4.78 is 9.09. The van der Waals surface area contributed by atoms with E-state index in [1.165, 1.54) is 48.0 Å². The molecule has 0 spiro atoms. The third-order valence-electron chi connectivity index (χ3n) is 12.2. The number of rotatable bonds is 5. The molecule has 4 nitrogen and oxygen atoms in total. The summed E-state index contributed by atoms with van der Waals surface area (Å²) >= 11 is 1.81. The molecule has 0 amide bonds. The minimum atomic E-state index is -0.0860. The summed E-state index contributed by atoms with van der Waals surface area (Å²) in [7, 11) is 0. The molecule has 0 atom stereocenters. The zero-order valence-electron chi connectivity index (χ0n) is 32.4. The predicted octanol–water partition coefficient (Wildman–Crippen LogP) is 14.8. The molecule has 12 rings (SSSR count). The van der Waals surface area contributed by atoms with Crippen molar-refractivity contribution in [1.82, 2.24) is 15.0 Å². The SMILES string of the molecule is CC1(C)c2ccccc2-c2c(-c3ccc4oc5cccc(-c6nc(-c7cccc(-c8ccccc8)c7)nc(-c7ccc8sc9ccccc9c8c7)n6)c5c4c3)cccc21. The Morgan fingerprint density at radius 2 is 1.03 bits per heavy atom. The van der Waals surface area contributed by atoms with Crippen molar-refractivity contribution in [3.05, 3.63) is 187 Å². The largest absolute Gasteiger partial charge is 0.456 e. The van der Waals surface area contributed by atoms with Crippen LogP contribution in [0.2, 0.25) is 0 Å². The van der Waals surface area contributed by atoms with Crippen molar-refractivity contribution in [2.75, 3.05) is 0 Å². The van der Waals surface area contributed by atoms with E-state index < -0.39 is 0 Å². The van der Waals surface area contributed by atoms with Crippen molar-refractivity contribution in [3.63, 3.8) is 0 Å². The van der Waals surface area contributed by atoms with Crippen molar-refractivity contribution in [2.24, 2.45) is 0 Å². The Kier molecular flexibility index (Phi) is 7.41. The van der Waals surface area contributed by atoms with Crippen LogP contribution in [-0.4, -0.2) is 15.0 Å². The lowest BCUT2D eigenvalue weighted by molar-refractivity contribution is 0.660. The molecule has 0 radical (unpaired) electrons. The molecule has 0 N–H and O–H groups in total. The smallest absolute Gasteiger partial charge is 0.164 e. The summed E-state index contributed by atoms with van der Waals surface area (Å²) in [5, 5.41) is 4.45. The fourth-order valence-electron chi connectivity index (χ4n) is 9.26. The standard InChI is InChI=1S/C54H35N3OS/c1-54(2)43-21-8-6-18-39(43)49-37(19-11-22-44(49)54)34-25-27-45-42(30-34)50-40(20-12-23-46(50)58-45)53-56-51(35-16-10-15-33(29-35)32-13-4-3-5-14-32)55-52(57-53)36-26-28-48-41(31-36)38-17-7-9-24-47(38)59-48/h3-31H,1-2H3. The van der Waals surface area contributed by atoms with Crippen LogP contribution in [0.5, 0.6) is 0 Å². The van der Waals surface area contributed by atoms with Gasteiger partial charge in [0.1, 0.15) is 11.2 Å². The van der Waals surface area contributed by atoms with Crippen LogP contribution in [0.4, 0.5) is 0 Å². The van der Waals surface area contributed by atoms with Crippen LogP contribution < -0.4 is 0 Å². The van der Waals surface area contributed by atoms with Gasteiger partial charge in [-0.2, -0.15) is 0 Å². The van der Waals surface area contributed by atoms with Gasteiger partial charge in [-0.25, -0.2) is 15.0 Å². The van der Waals surface area contributed by atoms with Gasteiger partial charge in [-0.1, -0.05) is 141 Å². The average molecular weight is 774 g/mol. The Morgan fingerprint density at radius 3 is 1.93 bits per heavy atom. The zero-order chi connectivity index (χ0) is 39.2. The molecule has 1 aliphatic rings. The van der Waals surface area contributed by atoms with Gasteiger partial charge in [-0.3, -0.25) is 0 Å². The second-order valence-electron chi connectivity index (χ2n) is 16.0.